The molecule has 1 aliphatic heterocycles. The number of carbonyl (C=O) groups is 2. The summed E-state index contributed by atoms with van der Waals surface area (Å²) in [5, 5.41) is 5.84. The lowest BCUT2D eigenvalue weighted by Gasteiger charge is -2.32. The lowest BCUT2D eigenvalue weighted by atomic mass is 9.80. The van der Waals surface area contributed by atoms with Crippen LogP contribution >= 0.6 is 0 Å². The van der Waals surface area contributed by atoms with Crippen LogP contribution in [-0.2, 0) is 14.3 Å². The molecule has 1 saturated heterocycles. The summed E-state index contributed by atoms with van der Waals surface area (Å²) in [5.41, 5.74) is -0.349. The molecular formula is C11H20N2O3. The number of hydrogen-bond acceptors (Lipinski definition) is 4. The lowest BCUT2D eigenvalue weighted by molar-refractivity contribution is -0.144. The molecule has 92 valence electrons. The van der Waals surface area contributed by atoms with Crippen LogP contribution in [0, 0.1) is 5.41 Å². The molecule has 0 unspecified atom stereocenters. The molecular weight excluding hydrogens is 208 g/mol. The van der Waals surface area contributed by atoms with E-state index in [4.69, 9.17) is 4.74 Å². The Kier molecular flexibility index (Phi) is 4.73. The second-order valence-corrected chi connectivity index (χ2v) is 4.30. The fraction of sp³-hybridized carbons (Fsp3) is 0.818. The molecule has 5 heteroatoms. The van der Waals surface area contributed by atoms with Crippen molar-refractivity contribution in [2.45, 2.75) is 26.7 Å². The van der Waals surface area contributed by atoms with Crippen LogP contribution in [0.4, 0.5) is 0 Å². The number of nitrogens with one attached hydrogen (secondary N) is 2. The van der Waals surface area contributed by atoms with Crippen molar-refractivity contribution in [3.8, 4) is 0 Å². The van der Waals surface area contributed by atoms with E-state index in [0.717, 1.165) is 25.9 Å². The van der Waals surface area contributed by atoms with Gasteiger partial charge in [0.05, 0.1) is 6.61 Å². The molecule has 0 aliphatic carbocycles. The van der Waals surface area contributed by atoms with Crippen LogP contribution < -0.4 is 10.6 Å². The Bertz CT molecular complexity index is 260. The first-order chi connectivity index (χ1) is 7.58. The monoisotopic (exact) mass is 228 g/mol. The SMILES string of the molecule is CCOC(=O)CNC(=O)C1(C)CCNCC1. The summed E-state index contributed by atoms with van der Waals surface area (Å²) < 4.78 is 4.75. The highest BCUT2D eigenvalue weighted by Crippen LogP contribution is 2.27. The smallest absolute Gasteiger partial charge is 0.325 e. The van der Waals surface area contributed by atoms with Crippen molar-refractivity contribution in [1.82, 2.24) is 10.6 Å². The van der Waals surface area contributed by atoms with Gasteiger partial charge in [0.2, 0.25) is 5.91 Å². The molecule has 1 amide bonds. The minimum Gasteiger partial charge on any atom is -0.465 e. The van der Waals surface area contributed by atoms with E-state index in [1.54, 1.807) is 6.92 Å². The van der Waals surface area contributed by atoms with E-state index in [2.05, 4.69) is 10.6 Å². The molecule has 0 aromatic rings. The van der Waals surface area contributed by atoms with Gasteiger partial charge >= 0.3 is 5.97 Å². The zero-order chi connectivity index (χ0) is 12.0. The highest BCUT2D eigenvalue weighted by atomic mass is 16.5. The second kappa shape index (κ2) is 5.84. The standard InChI is InChI=1S/C11H20N2O3/c1-3-16-9(14)8-13-10(15)11(2)4-6-12-7-5-11/h12H,3-8H2,1-2H3,(H,13,15). The van der Waals surface area contributed by atoms with Crippen LogP contribution in [0.15, 0.2) is 0 Å². The van der Waals surface area contributed by atoms with Crippen LogP contribution in [0.1, 0.15) is 26.7 Å². The molecule has 1 fully saturated rings. The summed E-state index contributed by atoms with van der Waals surface area (Å²) in [6.45, 7) is 5.69. The van der Waals surface area contributed by atoms with E-state index in [1.807, 2.05) is 6.92 Å². The van der Waals surface area contributed by atoms with E-state index in [-0.39, 0.29) is 23.8 Å². The van der Waals surface area contributed by atoms with Gasteiger partial charge in [-0.3, -0.25) is 9.59 Å². The predicted molar refractivity (Wildman–Crippen MR) is 59.9 cm³/mol. The van der Waals surface area contributed by atoms with Gasteiger partial charge < -0.3 is 15.4 Å². The molecule has 0 atom stereocenters. The fourth-order valence-electron chi connectivity index (χ4n) is 1.78. The Morgan fingerprint density at radius 2 is 2.00 bits per heavy atom. The van der Waals surface area contributed by atoms with E-state index in [9.17, 15) is 9.59 Å². The lowest BCUT2D eigenvalue weighted by Crippen LogP contribution is -2.47. The molecule has 16 heavy (non-hydrogen) atoms. The number of carbonyl (C=O) groups excluding carboxylic acids is 2. The molecule has 1 aliphatic rings. The molecule has 0 aromatic carbocycles. The number of piperidine rings is 1. The first-order valence-corrected chi connectivity index (χ1v) is 5.73. The molecule has 5 nitrogen and oxygen atoms in total. The van der Waals surface area contributed by atoms with Crippen LogP contribution in [0.5, 0.6) is 0 Å². The largest absolute Gasteiger partial charge is 0.465 e. The minimum absolute atomic E-state index is 0.0321. The average Bonchev–Trinajstić information content (AvgIpc) is 2.27. The summed E-state index contributed by atoms with van der Waals surface area (Å²) in [5.74, 6) is -0.435. The van der Waals surface area contributed by atoms with Crippen molar-refractivity contribution in [2.24, 2.45) is 5.41 Å². The van der Waals surface area contributed by atoms with Crippen molar-refractivity contribution in [3.63, 3.8) is 0 Å². The van der Waals surface area contributed by atoms with E-state index >= 15 is 0 Å². The van der Waals surface area contributed by atoms with Gasteiger partial charge in [-0.2, -0.15) is 0 Å². The Hall–Kier alpha value is -1.10. The van der Waals surface area contributed by atoms with Gasteiger partial charge in [0, 0.05) is 5.41 Å². The van der Waals surface area contributed by atoms with Crippen LogP contribution in [0.25, 0.3) is 0 Å². The first kappa shape index (κ1) is 13.0. The van der Waals surface area contributed by atoms with E-state index in [0.29, 0.717) is 6.61 Å². The van der Waals surface area contributed by atoms with Crippen molar-refractivity contribution >= 4 is 11.9 Å². The number of rotatable bonds is 4. The highest BCUT2D eigenvalue weighted by molar-refractivity contribution is 5.86. The molecule has 0 radical (unpaired) electrons. The zero-order valence-corrected chi connectivity index (χ0v) is 9.97. The van der Waals surface area contributed by atoms with Gasteiger partial charge in [0.15, 0.2) is 0 Å². The summed E-state index contributed by atoms with van der Waals surface area (Å²) in [6.07, 6.45) is 1.61. The van der Waals surface area contributed by atoms with Gasteiger partial charge in [0.25, 0.3) is 0 Å². The topological polar surface area (TPSA) is 67.4 Å². The van der Waals surface area contributed by atoms with Gasteiger partial charge in [-0.1, -0.05) is 6.92 Å². The number of amides is 1. The average molecular weight is 228 g/mol. The number of esters is 1. The normalized spacial score (nSPS) is 18.9. The Labute approximate surface area is 95.9 Å². The van der Waals surface area contributed by atoms with Crippen molar-refractivity contribution in [1.29, 1.82) is 0 Å². The van der Waals surface area contributed by atoms with Crippen molar-refractivity contribution < 1.29 is 14.3 Å². The number of hydrogen-bond donors (Lipinski definition) is 2. The first-order valence-electron chi connectivity index (χ1n) is 5.73. The highest BCUT2D eigenvalue weighted by Gasteiger charge is 2.34. The van der Waals surface area contributed by atoms with Gasteiger partial charge in [0.1, 0.15) is 6.54 Å². The third-order valence-corrected chi connectivity index (χ3v) is 2.95. The summed E-state index contributed by atoms with van der Waals surface area (Å²) in [4.78, 5) is 23.0. The Balaban J connectivity index is 2.36. The Morgan fingerprint density at radius 3 is 2.56 bits per heavy atom. The summed E-state index contributed by atoms with van der Waals surface area (Å²) in [6, 6.07) is 0. The minimum atomic E-state index is -0.381. The maximum Gasteiger partial charge on any atom is 0.325 e. The van der Waals surface area contributed by atoms with Crippen LogP contribution in [0.3, 0.4) is 0 Å². The van der Waals surface area contributed by atoms with Crippen LogP contribution in [-0.4, -0.2) is 38.1 Å². The summed E-state index contributed by atoms with van der Waals surface area (Å²) in [7, 11) is 0. The molecule has 2 N–H and O–H groups in total. The third kappa shape index (κ3) is 3.48. The van der Waals surface area contributed by atoms with E-state index < -0.39 is 0 Å². The predicted octanol–water partition coefficient (Wildman–Crippen LogP) is 0.0554. The molecule has 0 bridgehead atoms. The number of ether oxygens (including phenoxy) is 1. The third-order valence-electron chi connectivity index (χ3n) is 2.95. The van der Waals surface area contributed by atoms with Gasteiger partial charge in [-0.15, -0.1) is 0 Å². The van der Waals surface area contributed by atoms with Gasteiger partial charge in [-0.05, 0) is 32.9 Å². The molecule has 0 aromatic heterocycles. The maximum atomic E-state index is 11.9. The summed E-state index contributed by atoms with van der Waals surface area (Å²) >= 11 is 0. The molecule has 0 spiro atoms. The van der Waals surface area contributed by atoms with E-state index in [1.165, 1.54) is 0 Å². The second-order valence-electron chi connectivity index (χ2n) is 4.30. The van der Waals surface area contributed by atoms with Crippen molar-refractivity contribution in [3.05, 3.63) is 0 Å². The zero-order valence-electron chi connectivity index (χ0n) is 9.97. The fourth-order valence-corrected chi connectivity index (χ4v) is 1.78. The molecule has 0 saturated carbocycles. The van der Waals surface area contributed by atoms with Crippen LogP contribution in [0.2, 0.25) is 0 Å². The van der Waals surface area contributed by atoms with Crippen molar-refractivity contribution in [2.75, 3.05) is 26.2 Å². The van der Waals surface area contributed by atoms with Gasteiger partial charge in [-0.25, -0.2) is 0 Å². The molecule has 1 heterocycles. The Morgan fingerprint density at radius 1 is 1.38 bits per heavy atom. The maximum absolute atomic E-state index is 11.9. The quantitative estimate of drug-likeness (QED) is 0.667. The molecule has 1 rings (SSSR count).